The number of alkyl halides is 3. The summed E-state index contributed by atoms with van der Waals surface area (Å²) in [5.74, 6) is 0.738. The van der Waals surface area contributed by atoms with Crippen LogP contribution >= 0.6 is 0 Å². The third kappa shape index (κ3) is 2.90. The highest BCUT2D eigenvalue weighted by Crippen LogP contribution is 2.37. The van der Waals surface area contributed by atoms with Gasteiger partial charge in [-0.2, -0.15) is 13.2 Å². The lowest BCUT2D eigenvalue weighted by atomic mass is 10.00. The van der Waals surface area contributed by atoms with E-state index in [0.717, 1.165) is 37.7 Å². The SMILES string of the molecule is ON=C1CCC2CN(Cc3cccc(C(F)(F)F)c3)CC12. The first-order valence-electron chi connectivity index (χ1n) is 7.06. The molecule has 114 valence electrons. The Hall–Kier alpha value is -1.56. The van der Waals surface area contributed by atoms with Crippen molar-refractivity contribution in [3.8, 4) is 0 Å². The maximum atomic E-state index is 12.7. The minimum absolute atomic E-state index is 0.265. The second-order valence-corrected chi connectivity index (χ2v) is 5.89. The van der Waals surface area contributed by atoms with E-state index in [1.165, 1.54) is 12.1 Å². The highest BCUT2D eigenvalue weighted by atomic mass is 19.4. The molecule has 0 spiro atoms. The van der Waals surface area contributed by atoms with Gasteiger partial charge in [0.05, 0.1) is 11.3 Å². The number of halogens is 3. The van der Waals surface area contributed by atoms with E-state index in [4.69, 9.17) is 5.21 Å². The lowest BCUT2D eigenvalue weighted by Gasteiger charge is -2.17. The van der Waals surface area contributed by atoms with Crippen LogP contribution in [0.15, 0.2) is 29.4 Å². The first-order valence-corrected chi connectivity index (χ1v) is 7.06. The van der Waals surface area contributed by atoms with Crippen LogP contribution in [0.3, 0.4) is 0 Å². The number of oxime groups is 1. The summed E-state index contributed by atoms with van der Waals surface area (Å²) in [5.41, 5.74) is 0.913. The van der Waals surface area contributed by atoms with Gasteiger partial charge in [0.1, 0.15) is 0 Å². The lowest BCUT2D eigenvalue weighted by molar-refractivity contribution is -0.137. The summed E-state index contributed by atoms with van der Waals surface area (Å²) in [6.45, 7) is 2.13. The normalized spacial score (nSPS) is 28.2. The minimum Gasteiger partial charge on any atom is -0.411 e. The van der Waals surface area contributed by atoms with Gasteiger partial charge in [0.25, 0.3) is 0 Å². The second kappa shape index (κ2) is 5.33. The average Bonchev–Trinajstić information content (AvgIpc) is 2.97. The Labute approximate surface area is 121 Å². The van der Waals surface area contributed by atoms with Crippen molar-refractivity contribution in [3.63, 3.8) is 0 Å². The number of nitrogens with zero attached hydrogens (tertiary/aromatic N) is 2. The molecule has 3 rings (SSSR count). The first kappa shape index (κ1) is 14.4. The van der Waals surface area contributed by atoms with Crippen LogP contribution in [0.4, 0.5) is 13.2 Å². The number of likely N-dealkylation sites (tertiary alicyclic amines) is 1. The summed E-state index contributed by atoms with van der Waals surface area (Å²) in [6.07, 6.45) is -2.46. The molecule has 0 aromatic heterocycles. The third-order valence-corrected chi connectivity index (χ3v) is 4.50. The van der Waals surface area contributed by atoms with E-state index in [1.807, 2.05) is 0 Å². The number of benzene rings is 1. The number of hydrogen-bond donors (Lipinski definition) is 1. The summed E-state index contributed by atoms with van der Waals surface area (Å²) in [7, 11) is 0. The van der Waals surface area contributed by atoms with Crippen molar-refractivity contribution in [1.29, 1.82) is 0 Å². The van der Waals surface area contributed by atoms with Crippen LogP contribution in [0.5, 0.6) is 0 Å². The number of fused-ring (bicyclic) bond motifs is 1. The quantitative estimate of drug-likeness (QED) is 0.671. The van der Waals surface area contributed by atoms with Crippen molar-refractivity contribution in [2.75, 3.05) is 13.1 Å². The van der Waals surface area contributed by atoms with Crippen molar-refractivity contribution in [3.05, 3.63) is 35.4 Å². The van der Waals surface area contributed by atoms with Gasteiger partial charge in [-0.3, -0.25) is 4.90 Å². The predicted molar refractivity (Wildman–Crippen MR) is 72.2 cm³/mol. The molecule has 0 radical (unpaired) electrons. The molecule has 1 aromatic carbocycles. The van der Waals surface area contributed by atoms with Crippen molar-refractivity contribution in [2.45, 2.75) is 25.6 Å². The van der Waals surface area contributed by atoms with Gasteiger partial charge >= 0.3 is 6.18 Å². The van der Waals surface area contributed by atoms with Crippen LogP contribution in [-0.4, -0.2) is 28.9 Å². The van der Waals surface area contributed by atoms with Gasteiger partial charge in [-0.15, -0.1) is 0 Å². The standard InChI is InChI=1S/C15H17F3N2O/c16-15(17,18)12-3-1-2-10(6-12)7-20-8-11-4-5-14(19-21)13(11)9-20/h1-3,6,11,13,21H,4-5,7-9H2. The fraction of sp³-hybridized carbons (Fsp3) is 0.533. The Bertz CT molecular complexity index is 556. The molecule has 2 atom stereocenters. The van der Waals surface area contributed by atoms with E-state index in [2.05, 4.69) is 10.1 Å². The highest BCUT2D eigenvalue weighted by Gasteiger charge is 2.40. The minimum atomic E-state index is -4.30. The molecule has 1 N–H and O–H groups in total. The maximum Gasteiger partial charge on any atom is 0.416 e. The number of rotatable bonds is 2. The molecule has 21 heavy (non-hydrogen) atoms. The van der Waals surface area contributed by atoms with Crippen LogP contribution in [0.1, 0.15) is 24.0 Å². The molecule has 1 saturated carbocycles. The zero-order valence-electron chi connectivity index (χ0n) is 11.5. The van der Waals surface area contributed by atoms with E-state index >= 15 is 0 Å². The molecule has 2 unspecified atom stereocenters. The maximum absolute atomic E-state index is 12.7. The van der Waals surface area contributed by atoms with Gasteiger partial charge in [0.15, 0.2) is 0 Å². The van der Waals surface area contributed by atoms with Crippen molar-refractivity contribution < 1.29 is 18.4 Å². The summed E-state index contributed by atoms with van der Waals surface area (Å²) in [6, 6.07) is 5.49. The Morgan fingerprint density at radius 3 is 2.81 bits per heavy atom. The largest absolute Gasteiger partial charge is 0.416 e. The molecule has 2 fully saturated rings. The molecule has 1 saturated heterocycles. The molecule has 1 aliphatic carbocycles. The molecule has 0 amide bonds. The predicted octanol–water partition coefficient (Wildman–Crippen LogP) is 3.38. The molecule has 6 heteroatoms. The smallest absolute Gasteiger partial charge is 0.411 e. The van der Waals surface area contributed by atoms with Crippen LogP contribution in [-0.2, 0) is 12.7 Å². The van der Waals surface area contributed by atoms with E-state index in [0.29, 0.717) is 18.0 Å². The van der Waals surface area contributed by atoms with Crippen LogP contribution < -0.4 is 0 Å². The fourth-order valence-electron chi connectivity index (χ4n) is 3.51. The van der Waals surface area contributed by atoms with Crippen molar-refractivity contribution >= 4 is 5.71 Å². The van der Waals surface area contributed by atoms with E-state index < -0.39 is 11.7 Å². The van der Waals surface area contributed by atoms with E-state index in [1.54, 1.807) is 6.07 Å². The van der Waals surface area contributed by atoms with E-state index in [-0.39, 0.29) is 5.92 Å². The van der Waals surface area contributed by atoms with Gasteiger partial charge in [0, 0.05) is 25.6 Å². The Morgan fingerprint density at radius 2 is 2.10 bits per heavy atom. The van der Waals surface area contributed by atoms with Crippen LogP contribution in [0.2, 0.25) is 0 Å². The third-order valence-electron chi connectivity index (χ3n) is 4.50. The molecule has 0 bridgehead atoms. The van der Waals surface area contributed by atoms with Gasteiger partial charge < -0.3 is 5.21 Å². The zero-order chi connectivity index (χ0) is 15.0. The highest BCUT2D eigenvalue weighted by molar-refractivity contribution is 5.89. The van der Waals surface area contributed by atoms with Gasteiger partial charge in [-0.05, 0) is 30.4 Å². The molecule has 2 aliphatic rings. The van der Waals surface area contributed by atoms with Crippen LogP contribution in [0.25, 0.3) is 0 Å². The topological polar surface area (TPSA) is 35.8 Å². The molecule has 1 heterocycles. The van der Waals surface area contributed by atoms with Crippen molar-refractivity contribution in [1.82, 2.24) is 4.90 Å². The number of hydrogen-bond acceptors (Lipinski definition) is 3. The first-order chi connectivity index (χ1) is 9.97. The summed E-state index contributed by atoms with van der Waals surface area (Å²) < 4.78 is 38.1. The molecule has 1 aliphatic heterocycles. The fourth-order valence-corrected chi connectivity index (χ4v) is 3.51. The summed E-state index contributed by atoms with van der Waals surface area (Å²) in [5, 5.41) is 12.3. The van der Waals surface area contributed by atoms with Crippen LogP contribution in [0, 0.1) is 11.8 Å². The van der Waals surface area contributed by atoms with Gasteiger partial charge in [-0.1, -0.05) is 23.4 Å². The van der Waals surface area contributed by atoms with E-state index in [9.17, 15) is 13.2 Å². The summed E-state index contributed by atoms with van der Waals surface area (Å²) >= 11 is 0. The Balaban J connectivity index is 1.69. The Morgan fingerprint density at radius 1 is 1.29 bits per heavy atom. The second-order valence-electron chi connectivity index (χ2n) is 5.89. The average molecular weight is 298 g/mol. The molecule has 3 nitrogen and oxygen atoms in total. The zero-order valence-corrected chi connectivity index (χ0v) is 11.5. The molecular formula is C15H17F3N2O. The van der Waals surface area contributed by atoms with Gasteiger partial charge in [0.2, 0.25) is 0 Å². The lowest BCUT2D eigenvalue weighted by Crippen LogP contribution is -2.23. The summed E-state index contributed by atoms with van der Waals surface area (Å²) in [4.78, 5) is 2.15. The molecular weight excluding hydrogens is 281 g/mol. The Kier molecular flexibility index (Phi) is 3.65. The molecule has 1 aromatic rings. The monoisotopic (exact) mass is 298 g/mol. The van der Waals surface area contributed by atoms with Gasteiger partial charge in [-0.25, -0.2) is 0 Å². The van der Waals surface area contributed by atoms with Crippen molar-refractivity contribution in [2.24, 2.45) is 17.0 Å².